The number of nitrogens with one attached hydrogen (secondary N) is 1. The molecule has 0 unspecified atom stereocenters. The second-order valence-electron chi connectivity index (χ2n) is 6.27. The maximum absolute atomic E-state index is 13.2. The molecular formula is C22H16F4N2O2. The lowest BCUT2D eigenvalue weighted by Crippen LogP contribution is -2.18. The predicted molar refractivity (Wildman–Crippen MR) is 104 cm³/mol. The summed E-state index contributed by atoms with van der Waals surface area (Å²) in [7, 11) is 0. The van der Waals surface area contributed by atoms with Crippen LogP contribution < -0.4 is 10.2 Å². The number of amides is 1. The summed E-state index contributed by atoms with van der Waals surface area (Å²) in [5, 5.41) is 3.75. The van der Waals surface area contributed by atoms with Gasteiger partial charge in [0.15, 0.2) is 0 Å². The first kappa shape index (κ1) is 21.0. The number of ether oxygens (including phenoxy) is 1. The van der Waals surface area contributed by atoms with E-state index in [0.717, 1.165) is 18.2 Å². The van der Waals surface area contributed by atoms with Crippen LogP contribution in [0.5, 0.6) is 5.75 Å². The van der Waals surface area contributed by atoms with E-state index in [1.807, 2.05) is 0 Å². The molecule has 154 valence electrons. The first-order valence-electron chi connectivity index (χ1n) is 8.79. The van der Waals surface area contributed by atoms with Crippen molar-refractivity contribution >= 4 is 12.1 Å². The molecule has 3 aromatic carbocycles. The Morgan fingerprint density at radius 3 is 2.43 bits per heavy atom. The molecule has 1 amide bonds. The number of rotatable bonds is 6. The van der Waals surface area contributed by atoms with E-state index in [1.54, 1.807) is 36.4 Å². The monoisotopic (exact) mass is 416 g/mol. The van der Waals surface area contributed by atoms with Gasteiger partial charge in [-0.25, -0.2) is 9.82 Å². The summed E-state index contributed by atoms with van der Waals surface area (Å²) in [4.78, 5) is 12.0. The summed E-state index contributed by atoms with van der Waals surface area (Å²) in [5.41, 5.74) is 2.46. The van der Waals surface area contributed by atoms with E-state index in [1.165, 1.54) is 24.4 Å². The van der Waals surface area contributed by atoms with E-state index in [4.69, 9.17) is 4.74 Å². The van der Waals surface area contributed by atoms with Gasteiger partial charge in [0.2, 0.25) is 0 Å². The molecule has 0 bridgehead atoms. The standard InChI is InChI=1S/C22H16F4N2O2/c23-19-6-1-3-16(11-19)14-30-20-9-7-15(8-10-20)13-27-28-21(29)17-4-2-5-18(12-17)22(24,25)26/h1-13H,14H2,(H,28,29)/b27-13-. The molecule has 0 atom stereocenters. The molecule has 1 N–H and O–H groups in total. The fourth-order valence-electron chi connectivity index (χ4n) is 2.51. The number of hydrogen-bond donors (Lipinski definition) is 1. The number of alkyl halides is 3. The van der Waals surface area contributed by atoms with Crippen molar-refractivity contribution < 1.29 is 27.1 Å². The highest BCUT2D eigenvalue weighted by molar-refractivity contribution is 5.95. The van der Waals surface area contributed by atoms with Crippen molar-refractivity contribution in [3.05, 3.63) is 101 Å². The molecule has 3 rings (SSSR count). The molecule has 0 heterocycles. The smallest absolute Gasteiger partial charge is 0.416 e. The highest BCUT2D eigenvalue weighted by Gasteiger charge is 2.30. The molecule has 8 heteroatoms. The highest BCUT2D eigenvalue weighted by Crippen LogP contribution is 2.29. The number of carbonyl (C=O) groups excluding carboxylic acids is 1. The molecule has 3 aromatic rings. The molecule has 0 aliphatic heterocycles. The largest absolute Gasteiger partial charge is 0.489 e. The average molecular weight is 416 g/mol. The van der Waals surface area contributed by atoms with Gasteiger partial charge in [-0.2, -0.15) is 18.3 Å². The van der Waals surface area contributed by atoms with Crippen LogP contribution in [0.1, 0.15) is 27.0 Å². The van der Waals surface area contributed by atoms with Gasteiger partial charge in [-0.15, -0.1) is 0 Å². The van der Waals surface area contributed by atoms with Crippen LogP contribution in [0.15, 0.2) is 77.9 Å². The zero-order chi connectivity index (χ0) is 21.6. The number of hydrazone groups is 1. The SMILES string of the molecule is O=C(N/N=C\c1ccc(OCc2cccc(F)c2)cc1)c1cccc(C(F)(F)F)c1. The normalized spacial score (nSPS) is 11.5. The number of carbonyl (C=O) groups is 1. The van der Waals surface area contributed by atoms with Crippen molar-refractivity contribution in [2.24, 2.45) is 5.10 Å². The molecule has 0 radical (unpaired) electrons. The Bertz CT molecular complexity index is 1050. The van der Waals surface area contributed by atoms with Crippen molar-refractivity contribution in [3.8, 4) is 5.75 Å². The van der Waals surface area contributed by atoms with Crippen LogP contribution in [0.2, 0.25) is 0 Å². The second-order valence-corrected chi connectivity index (χ2v) is 6.27. The van der Waals surface area contributed by atoms with E-state index in [2.05, 4.69) is 10.5 Å². The van der Waals surface area contributed by atoms with Gasteiger partial charge in [0.25, 0.3) is 5.91 Å². The van der Waals surface area contributed by atoms with Crippen molar-refractivity contribution in [1.82, 2.24) is 5.43 Å². The van der Waals surface area contributed by atoms with Crippen molar-refractivity contribution in [2.75, 3.05) is 0 Å². The molecule has 30 heavy (non-hydrogen) atoms. The third-order valence-corrected chi connectivity index (χ3v) is 4.01. The van der Waals surface area contributed by atoms with Gasteiger partial charge < -0.3 is 4.74 Å². The fourth-order valence-corrected chi connectivity index (χ4v) is 2.51. The van der Waals surface area contributed by atoms with Gasteiger partial charge in [-0.1, -0.05) is 18.2 Å². The number of halogens is 4. The van der Waals surface area contributed by atoms with Gasteiger partial charge in [0.05, 0.1) is 11.8 Å². The Balaban J connectivity index is 1.54. The quantitative estimate of drug-likeness (QED) is 0.342. The summed E-state index contributed by atoms with van der Waals surface area (Å²) in [5.74, 6) is -0.536. The maximum atomic E-state index is 13.2. The molecule has 0 aromatic heterocycles. The van der Waals surface area contributed by atoms with E-state index in [-0.39, 0.29) is 18.0 Å². The highest BCUT2D eigenvalue weighted by atomic mass is 19.4. The van der Waals surface area contributed by atoms with Crippen LogP contribution in [0.4, 0.5) is 17.6 Å². The lowest BCUT2D eigenvalue weighted by atomic mass is 10.1. The third-order valence-electron chi connectivity index (χ3n) is 4.01. The van der Waals surface area contributed by atoms with Gasteiger partial charge in [-0.3, -0.25) is 4.79 Å². The van der Waals surface area contributed by atoms with E-state index in [0.29, 0.717) is 16.9 Å². The van der Waals surface area contributed by atoms with E-state index < -0.39 is 17.6 Å². The summed E-state index contributed by atoms with van der Waals surface area (Å²) >= 11 is 0. The molecule has 0 saturated carbocycles. The molecule has 0 saturated heterocycles. The van der Waals surface area contributed by atoms with E-state index in [9.17, 15) is 22.4 Å². The van der Waals surface area contributed by atoms with Crippen LogP contribution in [0.3, 0.4) is 0 Å². The first-order chi connectivity index (χ1) is 14.3. The van der Waals surface area contributed by atoms with Crippen LogP contribution in [-0.2, 0) is 12.8 Å². The van der Waals surface area contributed by atoms with Crippen molar-refractivity contribution in [1.29, 1.82) is 0 Å². The minimum Gasteiger partial charge on any atom is -0.489 e. The minimum absolute atomic E-state index is 0.150. The van der Waals surface area contributed by atoms with E-state index >= 15 is 0 Å². The molecule has 4 nitrogen and oxygen atoms in total. The zero-order valence-corrected chi connectivity index (χ0v) is 15.5. The maximum Gasteiger partial charge on any atom is 0.416 e. The molecular weight excluding hydrogens is 400 g/mol. The van der Waals surface area contributed by atoms with Gasteiger partial charge in [0, 0.05) is 5.56 Å². The molecule has 0 aliphatic carbocycles. The Labute approximate surface area is 169 Å². The summed E-state index contributed by atoms with van der Waals surface area (Å²) in [6.07, 6.45) is -3.18. The average Bonchev–Trinajstić information content (AvgIpc) is 2.73. The number of benzene rings is 3. The second kappa shape index (κ2) is 9.21. The van der Waals surface area contributed by atoms with Crippen LogP contribution >= 0.6 is 0 Å². The van der Waals surface area contributed by atoms with Gasteiger partial charge >= 0.3 is 6.18 Å². The number of hydrogen-bond acceptors (Lipinski definition) is 3. The fraction of sp³-hybridized carbons (Fsp3) is 0.0909. The Kier molecular flexibility index (Phi) is 6.46. The minimum atomic E-state index is -4.53. The lowest BCUT2D eigenvalue weighted by molar-refractivity contribution is -0.137. The van der Waals surface area contributed by atoms with Crippen LogP contribution in [0, 0.1) is 5.82 Å². The van der Waals surface area contributed by atoms with Crippen LogP contribution in [-0.4, -0.2) is 12.1 Å². The number of nitrogens with zero attached hydrogens (tertiary/aromatic N) is 1. The lowest BCUT2D eigenvalue weighted by Gasteiger charge is -2.08. The Morgan fingerprint density at radius 1 is 1.00 bits per heavy atom. The first-order valence-corrected chi connectivity index (χ1v) is 8.79. The van der Waals surface area contributed by atoms with Crippen LogP contribution in [0.25, 0.3) is 0 Å². The van der Waals surface area contributed by atoms with Crippen molar-refractivity contribution in [3.63, 3.8) is 0 Å². The molecule has 0 fully saturated rings. The molecule has 0 aliphatic rings. The van der Waals surface area contributed by atoms with Gasteiger partial charge in [-0.05, 0) is 65.7 Å². The third kappa shape index (κ3) is 5.91. The summed E-state index contributed by atoms with van der Waals surface area (Å²) in [6, 6.07) is 16.9. The predicted octanol–water partition coefficient (Wildman–Crippen LogP) is 5.19. The Hall–Kier alpha value is -3.68. The van der Waals surface area contributed by atoms with Gasteiger partial charge in [0.1, 0.15) is 18.2 Å². The van der Waals surface area contributed by atoms with Crippen molar-refractivity contribution in [2.45, 2.75) is 12.8 Å². The summed E-state index contributed by atoms with van der Waals surface area (Å²) < 4.78 is 56.9. The molecule has 0 spiro atoms. The topological polar surface area (TPSA) is 50.7 Å². The summed E-state index contributed by atoms with van der Waals surface area (Å²) in [6.45, 7) is 0.207. The zero-order valence-electron chi connectivity index (χ0n) is 15.5. The Morgan fingerprint density at radius 2 is 1.73 bits per heavy atom.